The Morgan fingerprint density at radius 3 is 1.86 bits per heavy atom. The van der Waals surface area contributed by atoms with Crippen molar-refractivity contribution in [1.82, 2.24) is 0 Å². The normalized spacial score (nSPS) is 5.57. The van der Waals surface area contributed by atoms with E-state index in [9.17, 15) is 0 Å². The maximum atomic E-state index is 3.69. The SMILES string of the molecule is C=CC(=C)[CH2-].[Ni][Br]. The van der Waals surface area contributed by atoms with Crippen LogP contribution in [-0.2, 0) is 13.7 Å². The second-order valence-corrected chi connectivity index (χ2v) is 0.862. The monoisotopic (exact) mass is 204 g/mol. The number of allylic oxidation sites excluding steroid dienone is 2. The summed E-state index contributed by atoms with van der Waals surface area (Å²) >= 11 is 6.25. The molecule has 0 aliphatic rings. The van der Waals surface area contributed by atoms with E-state index in [4.69, 9.17) is 0 Å². The van der Waals surface area contributed by atoms with Crippen LogP contribution in [0.2, 0.25) is 0 Å². The van der Waals surface area contributed by atoms with Gasteiger partial charge < -0.3 is 0 Å². The van der Waals surface area contributed by atoms with Crippen molar-refractivity contribution in [1.29, 1.82) is 0 Å². The first kappa shape index (κ1) is 10.3. The van der Waals surface area contributed by atoms with Gasteiger partial charge in [0.25, 0.3) is 0 Å². The van der Waals surface area contributed by atoms with Gasteiger partial charge in [0.2, 0.25) is 0 Å². The van der Waals surface area contributed by atoms with Gasteiger partial charge in [0.05, 0.1) is 0 Å². The summed E-state index contributed by atoms with van der Waals surface area (Å²) in [7, 11) is 0. The number of rotatable bonds is 1. The van der Waals surface area contributed by atoms with Gasteiger partial charge in [-0.05, 0) is 0 Å². The maximum absolute atomic E-state index is 3.69. The van der Waals surface area contributed by atoms with Crippen molar-refractivity contribution in [2.45, 2.75) is 0 Å². The molecule has 0 aromatic heterocycles. The van der Waals surface area contributed by atoms with E-state index in [1.165, 1.54) is 0 Å². The van der Waals surface area contributed by atoms with Crippen molar-refractivity contribution in [3.8, 4) is 0 Å². The van der Waals surface area contributed by atoms with Crippen molar-refractivity contribution in [2.24, 2.45) is 0 Å². The Balaban J connectivity index is 0. The van der Waals surface area contributed by atoms with E-state index in [0.29, 0.717) is 0 Å². The fourth-order valence-electron chi connectivity index (χ4n) is 0. The molecule has 0 fully saturated rings. The molecular weight excluding hydrogens is 199 g/mol. The zero-order chi connectivity index (χ0) is 6.28. The van der Waals surface area contributed by atoms with Crippen LogP contribution >= 0.6 is 14.2 Å². The topological polar surface area (TPSA) is 0 Å². The van der Waals surface area contributed by atoms with E-state index in [2.05, 4.69) is 48.0 Å². The Hall–Kier alpha value is 0.324. The molecule has 7 heavy (non-hydrogen) atoms. The van der Waals surface area contributed by atoms with Crippen LogP contribution < -0.4 is 0 Å². The first-order valence-corrected chi connectivity index (χ1v) is 3.96. The number of hydrogen-bond donors (Lipinski definition) is 0. The van der Waals surface area contributed by atoms with Crippen molar-refractivity contribution < 1.29 is 13.7 Å². The minimum atomic E-state index is 0.769. The van der Waals surface area contributed by atoms with Gasteiger partial charge in [0, 0.05) is 0 Å². The summed E-state index contributed by atoms with van der Waals surface area (Å²) in [5, 5.41) is 0. The number of hydrogen-bond acceptors (Lipinski definition) is 0. The predicted octanol–water partition coefficient (Wildman–Crippen LogP) is 2.41. The molecule has 0 unspecified atom stereocenters. The van der Waals surface area contributed by atoms with Crippen LogP contribution in [-0.4, -0.2) is 0 Å². The molecule has 0 rings (SSSR count). The fourth-order valence-corrected chi connectivity index (χ4v) is 0. The molecule has 0 atom stereocenters. The van der Waals surface area contributed by atoms with Crippen molar-refractivity contribution in [3.05, 3.63) is 31.7 Å². The summed E-state index contributed by atoms with van der Waals surface area (Å²) in [6.45, 7) is 10.3. The van der Waals surface area contributed by atoms with E-state index in [-0.39, 0.29) is 0 Å². The van der Waals surface area contributed by atoms with Gasteiger partial charge in [-0.3, -0.25) is 0 Å². The zero-order valence-electron chi connectivity index (χ0n) is 3.89. The third kappa shape index (κ3) is 21.9. The molecule has 0 radical (unpaired) electrons. The van der Waals surface area contributed by atoms with Crippen LogP contribution in [0, 0.1) is 6.92 Å². The molecule has 0 heterocycles. The summed E-state index contributed by atoms with van der Waals surface area (Å²) in [5.41, 5.74) is 0.769. The Morgan fingerprint density at radius 2 is 1.86 bits per heavy atom. The van der Waals surface area contributed by atoms with Gasteiger partial charge in [-0.25, -0.2) is 5.57 Å². The molecule has 2 heteroatoms. The predicted molar refractivity (Wildman–Crippen MR) is 33.6 cm³/mol. The average molecular weight is 206 g/mol. The summed E-state index contributed by atoms with van der Waals surface area (Å²) < 4.78 is 0. The Morgan fingerprint density at radius 1 is 1.71 bits per heavy atom. The van der Waals surface area contributed by atoms with Gasteiger partial charge in [0.15, 0.2) is 0 Å². The molecule has 0 saturated heterocycles. The first-order valence-electron chi connectivity index (χ1n) is 1.52. The second-order valence-electron chi connectivity index (χ2n) is 0.862. The van der Waals surface area contributed by atoms with Crippen LogP contribution in [0.3, 0.4) is 0 Å². The van der Waals surface area contributed by atoms with E-state index in [1.807, 2.05) is 0 Å². The van der Waals surface area contributed by atoms with E-state index in [1.54, 1.807) is 6.08 Å². The second kappa shape index (κ2) is 9.59. The molecule has 0 aliphatic heterocycles. The molecule has 0 aromatic carbocycles. The zero-order valence-corrected chi connectivity index (χ0v) is 6.47. The van der Waals surface area contributed by atoms with Gasteiger partial charge in [-0.1, -0.05) is 0 Å². The van der Waals surface area contributed by atoms with Gasteiger partial charge in [-0.15, -0.1) is 0 Å². The molecule has 0 N–H and O–H groups in total. The Labute approximate surface area is 59.8 Å². The quantitative estimate of drug-likeness (QED) is 0.351. The summed E-state index contributed by atoms with van der Waals surface area (Å²) in [6, 6.07) is 0. The Kier molecular flexibility index (Phi) is 14.2. The summed E-state index contributed by atoms with van der Waals surface area (Å²) in [6.07, 6.45) is 1.61. The molecule has 0 bridgehead atoms. The molecule has 0 aromatic rings. The van der Waals surface area contributed by atoms with E-state index in [0.717, 1.165) is 5.57 Å². The van der Waals surface area contributed by atoms with E-state index < -0.39 is 0 Å². The average Bonchev–Trinajstić information content (AvgIpc) is 1.73. The van der Waals surface area contributed by atoms with Gasteiger partial charge >= 0.3 is 27.9 Å². The number of halogens is 1. The molecule has 0 saturated carbocycles. The third-order valence-electron chi connectivity index (χ3n) is 0.289. The first-order chi connectivity index (χ1) is 3.27. The fraction of sp³-hybridized carbons (Fsp3) is 0. The van der Waals surface area contributed by atoms with Crippen LogP contribution in [0.4, 0.5) is 0 Å². The third-order valence-corrected chi connectivity index (χ3v) is 0.289. The van der Waals surface area contributed by atoms with Crippen molar-refractivity contribution in [2.75, 3.05) is 0 Å². The Bertz CT molecular complexity index is 59.1. The van der Waals surface area contributed by atoms with Crippen LogP contribution in [0.15, 0.2) is 24.8 Å². The molecule has 0 amide bonds. The van der Waals surface area contributed by atoms with Crippen LogP contribution in [0.1, 0.15) is 0 Å². The molecule has 0 spiro atoms. The minimum absolute atomic E-state index is 0.769. The molecular formula is C5H7BrNi-. The van der Waals surface area contributed by atoms with Gasteiger partial charge in [-0.2, -0.15) is 26.2 Å². The van der Waals surface area contributed by atoms with E-state index >= 15 is 0 Å². The van der Waals surface area contributed by atoms with Gasteiger partial charge in [0.1, 0.15) is 0 Å². The van der Waals surface area contributed by atoms with Crippen molar-refractivity contribution >= 4 is 14.2 Å². The summed E-state index contributed by atoms with van der Waals surface area (Å²) in [4.78, 5) is 0. The van der Waals surface area contributed by atoms with Crippen LogP contribution in [0.5, 0.6) is 0 Å². The van der Waals surface area contributed by atoms with Crippen molar-refractivity contribution in [3.63, 3.8) is 0 Å². The summed E-state index contributed by atoms with van der Waals surface area (Å²) in [5.74, 6) is 0. The van der Waals surface area contributed by atoms with Crippen LogP contribution in [0.25, 0.3) is 0 Å². The molecule has 45 valence electrons. The molecule has 0 aliphatic carbocycles. The molecule has 0 nitrogen and oxygen atoms in total. The standard InChI is InChI=1S/C5H7.BrH.Ni/c1-4-5(2)3;;/h4H,1-3H2;1H;/q-1;;+1/p-1.